The van der Waals surface area contributed by atoms with E-state index in [2.05, 4.69) is 6.07 Å². The van der Waals surface area contributed by atoms with Gasteiger partial charge in [0.1, 0.15) is 6.61 Å². The number of nitrogens with zero attached hydrogens (tertiary/aromatic N) is 1. The van der Waals surface area contributed by atoms with E-state index in [0.717, 1.165) is 12.0 Å². The van der Waals surface area contributed by atoms with E-state index in [9.17, 15) is 4.79 Å². The smallest absolute Gasteiger partial charge is 0.409 e. The first-order valence-electron chi connectivity index (χ1n) is 6.20. The highest BCUT2D eigenvalue weighted by Crippen LogP contribution is 2.10. The van der Waals surface area contributed by atoms with Crippen LogP contribution in [-0.4, -0.2) is 24.6 Å². The lowest BCUT2D eigenvalue weighted by Gasteiger charge is -2.16. The number of hydrogen-bond donors (Lipinski definition) is 0. The maximum atomic E-state index is 11.8. The van der Waals surface area contributed by atoms with Gasteiger partial charge in [-0.05, 0) is 23.4 Å². The van der Waals surface area contributed by atoms with Crippen molar-refractivity contribution in [3.8, 4) is 0 Å². The minimum Gasteiger partial charge on any atom is -0.445 e. The Labute approximate surface area is 117 Å². The van der Waals surface area contributed by atoms with Crippen molar-refractivity contribution in [3.63, 3.8) is 0 Å². The van der Waals surface area contributed by atoms with Crippen molar-refractivity contribution >= 4 is 17.4 Å². The summed E-state index contributed by atoms with van der Waals surface area (Å²) in [7, 11) is 1.76. The highest BCUT2D eigenvalue weighted by Gasteiger charge is 2.10. The molecule has 2 aromatic rings. The van der Waals surface area contributed by atoms with Gasteiger partial charge in [-0.1, -0.05) is 36.4 Å². The van der Waals surface area contributed by atoms with Crippen LogP contribution < -0.4 is 0 Å². The van der Waals surface area contributed by atoms with Crippen LogP contribution in [-0.2, 0) is 17.8 Å². The highest BCUT2D eigenvalue weighted by atomic mass is 32.1. The molecule has 0 saturated carbocycles. The normalized spacial score (nSPS) is 10.2. The molecule has 1 aromatic heterocycles. The quantitative estimate of drug-likeness (QED) is 0.835. The van der Waals surface area contributed by atoms with E-state index in [1.807, 2.05) is 41.8 Å². The molecular formula is C15H17NO2S. The van der Waals surface area contributed by atoms with Gasteiger partial charge in [0.15, 0.2) is 0 Å². The zero-order chi connectivity index (χ0) is 13.5. The van der Waals surface area contributed by atoms with Gasteiger partial charge in [-0.3, -0.25) is 0 Å². The maximum absolute atomic E-state index is 11.8. The lowest BCUT2D eigenvalue weighted by atomic mass is 10.2. The summed E-state index contributed by atoms with van der Waals surface area (Å²) in [4.78, 5) is 14.7. The first-order valence-corrected chi connectivity index (χ1v) is 7.08. The van der Waals surface area contributed by atoms with Crippen molar-refractivity contribution in [2.24, 2.45) is 0 Å². The Bertz CT molecular complexity index is 496. The summed E-state index contributed by atoms with van der Waals surface area (Å²) in [5, 5.41) is 2.04. The Morgan fingerprint density at radius 2 is 2.00 bits per heavy atom. The van der Waals surface area contributed by atoms with Gasteiger partial charge < -0.3 is 9.64 Å². The van der Waals surface area contributed by atoms with Crippen LogP contribution in [0.4, 0.5) is 4.79 Å². The lowest BCUT2D eigenvalue weighted by Crippen LogP contribution is -2.29. The number of carbonyl (C=O) groups is 1. The van der Waals surface area contributed by atoms with Gasteiger partial charge in [-0.15, -0.1) is 11.3 Å². The van der Waals surface area contributed by atoms with Crippen LogP contribution in [0.2, 0.25) is 0 Å². The van der Waals surface area contributed by atoms with E-state index in [1.165, 1.54) is 4.88 Å². The van der Waals surface area contributed by atoms with Gasteiger partial charge in [-0.2, -0.15) is 0 Å². The van der Waals surface area contributed by atoms with Crippen molar-refractivity contribution in [2.45, 2.75) is 13.0 Å². The summed E-state index contributed by atoms with van der Waals surface area (Å²) in [6, 6.07) is 13.8. The van der Waals surface area contributed by atoms with Crippen LogP contribution in [0.15, 0.2) is 47.8 Å². The zero-order valence-corrected chi connectivity index (χ0v) is 11.7. The molecule has 0 aliphatic rings. The third-order valence-corrected chi connectivity index (χ3v) is 3.73. The predicted molar refractivity (Wildman–Crippen MR) is 77.3 cm³/mol. The summed E-state index contributed by atoms with van der Waals surface area (Å²) in [6.45, 7) is 0.997. The molecule has 0 aliphatic carbocycles. The summed E-state index contributed by atoms with van der Waals surface area (Å²) in [5.41, 5.74) is 1.00. The molecule has 19 heavy (non-hydrogen) atoms. The third kappa shape index (κ3) is 4.41. The first-order chi connectivity index (χ1) is 9.25. The number of hydrogen-bond acceptors (Lipinski definition) is 3. The minimum absolute atomic E-state index is 0.277. The molecule has 0 spiro atoms. The van der Waals surface area contributed by atoms with Crippen LogP contribution in [0.25, 0.3) is 0 Å². The van der Waals surface area contributed by atoms with Crippen molar-refractivity contribution in [1.82, 2.24) is 4.90 Å². The molecule has 1 aromatic carbocycles. The van der Waals surface area contributed by atoms with E-state index in [4.69, 9.17) is 4.74 Å². The topological polar surface area (TPSA) is 29.5 Å². The van der Waals surface area contributed by atoms with Crippen molar-refractivity contribution in [1.29, 1.82) is 0 Å². The van der Waals surface area contributed by atoms with E-state index in [0.29, 0.717) is 13.2 Å². The molecule has 0 fully saturated rings. The number of ether oxygens (including phenoxy) is 1. The van der Waals surface area contributed by atoms with E-state index < -0.39 is 0 Å². The van der Waals surface area contributed by atoms with Gasteiger partial charge in [-0.25, -0.2) is 4.79 Å². The molecule has 0 radical (unpaired) electrons. The number of carbonyl (C=O) groups excluding carboxylic acids is 1. The predicted octanol–water partition coefficient (Wildman–Crippen LogP) is 3.56. The largest absolute Gasteiger partial charge is 0.445 e. The Hall–Kier alpha value is -1.81. The van der Waals surface area contributed by atoms with Crippen LogP contribution in [0.1, 0.15) is 10.4 Å². The second kappa shape index (κ2) is 6.95. The van der Waals surface area contributed by atoms with E-state index in [-0.39, 0.29) is 6.09 Å². The Morgan fingerprint density at radius 3 is 2.68 bits per heavy atom. The van der Waals surface area contributed by atoms with Gasteiger partial charge in [0.25, 0.3) is 0 Å². The number of likely N-dealkylation sites (N-methyl/N-ethyl adjacent to an activating group) is 1. The van der Waals surface area contributed by atoms with Crippen LogP contribution in [0.3, 0.4) is 0 Å². The molecule has 3 nitrogen and oxygen atoms in total. The van der Waals surface area contributed by atoms with Crippen molar-refractivity contribution in [3.05, 3.63) is 58.3 Å². The molecule has 0 N–H and O–H groups in total. The zero-order valence-electron chi connectivity index (χ0n) is 10.9. The molecule has 0 saturated heterocycles. The SMILES string of the molecule is CN(CCc1cccs1)C(=O)OCc1ccccc1. The molecule has 1 amide bonds. The second-order valence-electron chi connectivity index (χ2n) is 4.29. The minimum atomic E-state index is -0.277. The third-order valence-electron chi connectivity index (χ3n) is 2.79. The summed E-state index contributed by atoms with van der Waals surface area (Å²) >= 11 is 1.71. The number of benzene rings is 1. The van der Waals surface area contributed by atoms with Crippen molar-refractivity contribution < 1.29 is 9.53 Å². The van der Waals surface area contributed by atoms with Gasteiger partial charge in [0.2, 0.25) is 0 Å². The molecule has 4 heteroatoms. The molecule has 0 bridgehead atoms. The lowest BCUT2D eigenvalue weighted by molar-refractivity contribution is 0.105. The number of thiophene rings is 1. The molecule has 0 aliphatic heterocycles. The van der Waals surface area contributed by atoms with Crippen LogP contribution in [0, 0.1) is 0 Å². The molecule has 2 rings (SSSR count). The van der Waals surface area contributed by atoms with Gasteiger partial charge in [0.05, 0.1) is 0 Å². The molecule has 0 atom stereocenters. The van der Waals surface area contributed by atoms with E-state index >= 15 is 0 Å². The highest BCUT2D eigenvalue weighted by molar-refractivity contribution is 7.09. The monoisotopic (exact) mass is 275 g/mol. The van der Waals surface area contributed by atoms with Gasteiger partial charge in [0, 0.05) is 18.5 Å². The van der Waals surface area contributed by atoms with E-state index in [1.54, 1.807) is 23.3 Å². The number of amides is 1. The Balaban J connectivity index is 1.73. The Kier molecular flexibility index (Phi) is 4.98. The Morgan fingerprint density at radius 1 is 1.21 bits per heavy atom. The number of rotatable bonds is 5. The fourth-order valence-corrected chi connectivity index (χ4v) is 2.35. The fourth-order valence-electron chi connectivity index (χ4n) is 1.65. The average Bonchev–Trinajstić information content (AvgIpc) is 2.96. The van der Waals surface area contributed by atoms with Crippen LogP contribution >= 0.6 is 11.3 Å². The van der Waals surface area contributed by atoms with Crippen LogP contribution in [0.5, 0.6) is 0 Å². The molecular weight excluding hydrogens is 258 g/mol. The standard InChI is InChI=1S/C15H17NO2S/c1-16(10-9-14-8-5-11-19-14)15(17)18-12-13-6-3-2-4-7-13/h2-8,11H,9-10,12H2,1H3. The van der Waals surface area contributed by atoms with Crippen molar-refractivity contribution in [2.75, 3.05) is 13.6 Å². The summed E-state index contributed by atoms with van der Waals surface area (Å²) < 4.78 is 5.25. The maximum Gasteiger partial charge on any atom is 0.409 e. The average molecular weight is 275 g/mol. The molecule has 0 unspecified atom stereocenters. The fraction of sp³-hybridized carbons (Fsp3) is 0.267. The molecule has 1 heterocycles. The second-order valence-corrected chi connectivity index (χ2v) is 5.32. The summed E-state index contributed by atoms with van der Waals surface area (Å²) in [6.07, 6.45) is 0.592. The summed E-state index contributed by atoms with van der Waals surface area (Å²) in [5.74, 6) is 0. The first kappa shape index (κ1) is 13.6. The van der Waals surface area contributed by atoms with Gasteiger partial charge >= 0.3 is 6.09 Å². The molecule has 100 valence electrons.